The second-order valence-electron chi connectivity index (χ2n) is 6.18. The van der Waals surface area contributed by atoms with E-state index in [-0.39, 0.29) is 0 Å². The molecule has 0 atom stereocenters. The Hall–Kier alpha value is -2.81. The van der Waals surface area contributed by atoms with E-state index in [1.165, 1.54) is 22.2 Å². The number of anilines is 1. The molecule has 23 heavy (non-hydrogen) atoms. The molecule has 3 heteroatoms. The van der Waals surface area contributed by atoms with Gasteiger partial charge in [0.25, 0.3) is 0 Å². The molecule has 0 aliphatic heterocycles. The number of pyridine rings is 1. The Labute approximate surface area is 135 Å². The lowest BCUT2D eigenvalue weighted by Crippen LogP contribution is -2.00. The Morgan fingerprint density at radius 2 is 1.70 bits per heavy atom. The lowest BCUT2D eigenvalue weighted by atomic mass is 10.1. The Bertz CT molecular complexity index is 1060. The molecule has 0 spiro atoms. The summed E-state index contributed by atoms with van der Waals surface area (Å²) in [5, 5.41) is 2.28. The lowest BCUT2D eigenvalue weighted by molar-refractivity contribution is 1.09. The molecule has 0 saturated carbocycles. The van der Waals surface area contributed by atoms with Crippen molar-refractivity contribution in [3.63, 3.8) is 0 Å². The predicted molar refractivity (Wildman–Crippen MR) is 97.2 cm³/mol. The molecule has 0 saturated heterocycles. The van der Waals surface area contributed by atoms with Crippen LogP contribution in [-0.4, -0.2) is 9.55 Å². The van der Waals surface area contributed by atoms with Gasteiger partial charge in [-0.05, 0) is 44.5 Å². The molecule has 2 N–H and O–H groups in total. The SMILES string of the molecule is Cc1ccc(-n2c3ccccc3c3cc(N)c(C)nc32)c(C)c1. The van der Waals surface area contributed by atoms with Crippen molar-refractivity contribution >= 4 is 27.6 Å². The standard InChI is InChI=1S/C20H19N3/c1-12-8-9-18(13(2)10-12)23-19-7-5-4-6-15(19)16-11-17(21)14(3)22-20(16)23/h4-11H,21H2,1-3H3. The van der Waals surface area contributed by atoms with Crippen molar-refractivity contribution in [2.75, 3.05) is 5.73 Å². The zero-order valence-electron chi connectivity index (χ0n) is 13.6. The van der Waals surface area contributed by atoms with Gasteiger partial charge in [-0.1, -0.05) is 35.9 Å². The third-order valence-electron chi connectivity index (χ3n) is 4.47. The van der Waals surface area contributed by atoms with Crippen molar-refractivity contribution < 1.29 is 0 Å². The minimum atomic E-state index is 0.737. The Morgan fingerprint density at radius 3 is 2.48 bits per heavy atom. The number of hydrogen-bond donors (Lipinski definition) is 1. The van der Waals surface area contributed by atoms with Crippen LogP contribution in [0.15, 0.2) is 48.5 Å². The number of nitrogens with zero attached hydrogens (tertiary/aromatic N) is 2. The first-order chi connectivity index (χ1) is 11.1. The number of nitrogens with two attached hydrogens (primary N) is 1. The monoisotopic (exact) mass is 301 g/mol. The van der Waals surface area contributed by atoms with E-state index in [0.29, 0.717) is 0 Å². The number of para-hydroxylation sites is 1. The highest BCUT2D eigenvalue weighted by Crippen LogP contribution is 2.33. The molecule has 2 aromatic heterocycles. The van der Waals surface area contributed by atoms with Crippen molar-refractivity contribution in [1.82, 2.24) is 9.55 Å². The summed E-state index contributed by atoms with van der Waals surface area (Å²) in [5.41, 5.74) is 13.5. The number of aromatic nitrogens is 2. The summed E-state index contributed by atoms with van der Waals surface area (Å²) in [6.45, 7) is 6.22. The van der Waals surface area contributed by atoms with Crippen LogP contribution < -0.4 is 5.73 Å². The molecule has 114 valence electrons. The predicted octanol–water partition coefficient (Wildman–Crippen LogP) is 4.69. The largest absolute Gasteiger partial charge is 0.397 e. The van der Waals surface area contributed by atoms with E-state index in [9.17, 15) is 0 Å². The molecule has 0 bridgehead atoms. The molecule has 4 aromatic rings. The van der Waals surface area contributed by atoms with E-state index in [1.807, 2.05) is 13.0 Å². The van der Waals surface area contributed by atoms with Crippen LogP contribution in [0.4, 0.5) is 5.69 Å². The summed E-state index contributed by atoms with van der Waals surface area (Å²) >= 11 is 0. The molecular formula is C20H19N3. The maximum absolute atomic E-state index is 6.10. The van der Waals surface area contributed by atoms with Crippen molar-refractivity contribution in [2.45, 2.75) is 20.8 Å². The summed E-state index contributed by atoms with van der Waals surface area (Å²) in [6, 6.07) is 17.0. The van der Waals surface area contributed by atoms with Gasteiger partial charge >= 0.3 is 0 Å². The van der Waals surface area contributed by atoms with Gasteiger partial charge in [0.05, 0.1) is 22.6 Å². The molecule has 0 aliphatic carbocycles. The second kappa shape index (κ2) is 4.85. The van der Waals surface area contributed by atoms with Crippen LogP contribution in [0.2, 0.25) is 0 Å². The maximum atomic E-state index is 6.10. The first kappa shape index (κ1) is 13.8. The fraction of sp³-hybridized carbons (Fsp3) is 0.150. The van der Waals surface area contributed by atoms with Crippen molar-refractivity contribution in [3.8, 4) is 5.69 Å². The molecular weight excluding hydrogens is 282 g/mol. The number of fused-ring (bicyclic) bond motifs is 3. The number of aryl methyl sites for hydroxylation is 3. The number of benzene rings is 2. The molecule has 0 amide bonds. The van der Waals surface area contributed by atoms with E-state index in [4.69, 9.17) is 10.7 Å². The quantitative estimate of drug-likeness (QED) is 0.554. The average Bonchev–Trinajstić information content (AvgIpc) is 2.82. The normalized spacial score (nSPS) is 11.4. The summed E-state index contributed by atoms with van der Waals surface area (Å²) < 4.78 is 2.24. The van der Waals surface area contributed by atoms with E-state index in [2.05, 4.69) is 60.9 Å². The van der Waals surface area contributed by atoms with Crippen molar-refractivity contribution in [2.24, 2.45) is 0 Å². The van der Waals surface area contributed by atoms with Crippen LogP contribution in [0.1, 0.15) is 16.8 Å². The number of hydrogen-bond acceptors (Lipinski definition) is 2. The van der Waals surface area contributed by atoms with E-state index < -0.39 is 0 Å². The van der Waals surface area contributed by atoms with E-state index >= 15 is 0 Å². The van der Waals surface area contributed by atoms with Gasteiger partial charge in [0, 0.05) is 10.8 Å². The zero-order valence-corrected chi connectivity index (χ0v) is 13.6. The van der Waals surface area contributed by atoms with Gasteiger partial charge in [-0.15, -0.1) is 0 Å². The van der Waals surface area contributed by atoms with Gasteiger partial charge in [-0.3, -0.25) is 4.57 Å². The first-order valence-corrected chi connectivity index (χ1v) is 7.80. The van der Waals surface area contributed by atoms with Gasteiger partial charge in [0.15, 0.2) is 0 Å². The highest BCUT2D eigenvalue weighted by molar-refractivity contribution is 6.08. The van der Waals surface area contributed by atoms with Crippen molar-refractivity contribution in [3.05, 3.63) is 65.4 Å². The molecule has 0 unspecified atom stereocenters. The van der Waals surface area contributed by atoms with Gasteiger partial charge in [0.1, 0.15) is 5.65 Å². The first-order valence-electron chi connectivity index (χ1n) is 7.80. The highest BCUT2D eigenvalue weighted by Gasteiger charge is 2.15. The van der Waals surface area contributed by atoms with Gasteiger partial charge in [-0.2, -0.15) is 0 Å². The summed E-state index contributed by atoms with van der Waals surface area (Å²) in [4.78, 5) is 4.79. The number of nitrogen functional groups attached to an aromatic ring is 1. The average molecular weight is 301 g/mol. The third-order valence-corrected chi connectivity index (χ3v) is 4.47. The number of rotatable bonds is 1. The molecule has 2 heterocycles. The van der Waals surface area contributed by atoms with Crippen LogP contribution in [-0.2, 0) is 0 Å². The second-order valence-corrected chi connectivity index (χ2v) is 6.18. The Kier molecular flexibility index (Phi) is 2.91. The molecule has 0 aliphatic rings. The summed E-state index contributed by atoms with van der Waals surface area (Å²) in [5.74, 6) is 0. The van der Waals surface area contributed by atoms with Crippen molar-refractivity contribution in [1.29, 1.82) is 0 Å². The summed E-state index contributed by atoms with van der Waals surface area (Å²) in [7, 11) is 0. The van der Waals surface area contributed by atoms with Crippen LogP contribution in [0.5, 0.6) is 0 Å². The molecule has 0 radical (unpaired) electrons. The molecule has 3 nitrogen and oxygen atoms in total. The zero-order chi connectivity index (χ0) is 16.1. The molecule has 2 aromatic carbocycles. The van der Waals surface area contributed by atoms with Gasteiger partial charge < -0.3 is 5.73 Å². The van der Waals surface area contributed by atoms with E-state index in [0.717, 1.165) is 27.9 Å². The van der Waals surface area contributed by atoms with E-state index in [1.54, 1.807) is 0 Å². The van der Waals surface area contributed by atoms with Crippen LogP contribution in [0.3, 0.4) is 0 Å². The minimum Gasteiger partial charge on any atom is -0.397 e. The topological polar surface area (TPSA) is 43.8 Å². The molecule has 0 fully saturated rings. The summed E-state index contributed by atoms with van der Waals surface area (Å²) in [6.07, 6.45) is 0. The fourth-order valence-corrected chi connectivity index (χ4v) is 3.29. The minimum absolute atomic E-state index is 0.737. The fourth-order valence-electron chi connectivity index (χ4n) is 3.29. The molecule has 4 rings (SSSR count). The third kappa shape index (κ3) is 2.00. The van der Waals surface area contributed by atoms with Crippen LogP contribution in [0.25, 0.3) is 27.6 Å². The van der Waals surface area contributed by atoms with Crippen LogP contribution >= 0.6 is 0 Å². The Balaban J connectivity index is 2.21. The van der Waals surface area contributed by atoms with Crippen LogP contribution in [0, 0.1) is 20.8 Å². The highest BCUT2D eigenvalue weighted by atomic mass is 15.1. The smallest absolute Gasteiger partial charge is 0.146 e. The Morgan fingerprint density at radius 1 is 0.913 bits per heavy atom. The maximum Gasteiger partial charge on any atom is 0.146 e. The lowest BCUT2D eigenvalue weighted by Gasteiger charge is -2.11. The van der Waals surface area contributed by atoms with Gasteiger partial charge in [0.2, 0.25) is 0 Å². The van der Waals surface area contributed by atoms with Gasteiger partial charge in [-0.25, -0.2) is 4.98 Å².